The lowest BCUT2D eigenvalue weighted by Gasteiger charge is -2.16. The Kier molecular flexibility index (Phi) is 6.33. The van der Waals surface area contributed by atoms with E-state index < -0.39 is 8.07 Å². The third-order valence-corrected chi connectivity index (χ3v) is 3.94. The van der Waals surface area contributed by atoms with Crippen molar-refractivity contribution in [3.63, 3.8) is 0 Å². The maximum atomic E-state index is 9.39. The fourth-order valence-electron chi connectivity index (χ4n) is 1.75. The minimum absolute atomic E-state index is 0.0477. The summed E-state index contributed by atoms with van der Waals surface area (Å²) in [6.07, 6.45) is 3.28. The zero-order valence-electron chi connectivity index (χ0n) is 11.7. The molecule has 0 fully saturated rings. The number of aliphatic hydroxyl groups is 1. The number of rotatable bonds is 7. The van der Waals surface area contributed by atoms with Crippen molar-refractivity contribution in [1.29, 1.82) is 0 Å². The lowest BCUT2D eigenvalue weighted by atomic mass is 10.1. The van der Waals surface area contributed by atoms with Gasteiger partial charge < -0.3 is 10.4 Å². The second-order valence-corrected chi connectivity index (χ2v) is 10.7. The summed E-state index contributed by atoms with van der Waals surface area (Å²) in [5.74, 6) is 0. The van der Waals surface area contributed by atoms with E-state index >= 15 is 0 Å². The summed E-state index contributed by atoms with van der Waals surface area (Å²) < 4.78 is 0. The Morgan fingerprint density at radius 1 is 1.22 bits per heavy atom. The van der Waals surface area contributed by atoms with Crippen LogP contribution in [-0.4, -0.2) is 26.3 Å². The predicted octanol–water partition coefficient (Wildman–Crippen LogP) is 3.13. The lowest BCUT2D eigenvalue weighted by Crippen LogP contribution is -2.25. The van der Waals surface area contributed by atoms with Gasteiger partial charge in [-0.2, -0.15) is 0 Å². The van der Waals surface area contributed by atoms with Crippen LogP contribution in [0.5, 0.6) is 0 Å². The maximum Gasteiger partial charge on any atom is 0.0682 e. The molecule has 1 atom stereocenters. The van der Waals surface area contributed by atoms with Crippen molar-refractivity contribution in [3.05, 3.63) is 47.7 Å². The molecule has 0 aliphatic heterocycles. The van der Waals surface area contributed by atoms with E-state index in [0.717, 1.165) is 18.5 Å². The van der Waals surface area contributed by atoms with E-state index in [2.05, 4.69) is 36.7 Å². The Balaban J connectivity index is 2.35. The van der Waals surface area contributed by atoms with Gasteiger partial charge in [-0.05, 0) is 18.5 Å². The molecular formula is C15H25NOSi. The summed E-state index contributed by atoms with van der Waals surface area (Å²) in [5.41, 5.74) is 3.51. The second kappa shape index (κ2) is 7.51. The van der Waals surface area contributed by atoms with Crippen LogP contribution in [0.3, 0.4) is 0 Å². The molecule has 0 saturated carbocycles. The summed E-state index contributed by atoms with van der Waals surface area (Å²) in [4.78, 5) is 0. The van der Waals surface area contributed by atoms with Gasteiger partial charge in [0.25, 0.3) is 0 Å². The molecule has 0 aliphatic rings. The molecule has 0 bridgehead atoms. The van der Waals surface area contributed by atoms with E-state index in [1.54, 1.807) is 0 Å². The zero-order chi connectivity index (χ0) is 13.4. The van der Waals surface area contributed by atoms with Crippen molar-refractivity contribution in [1.82, 2.24) is 5.32 Å². The molecule has 0 saturated heterocycles. The van der Waals surface area contributed by atoms with E-state index in [1.807, 2.05) is 30.3 Å². The molecule has 0 unspecified atom stereocenters. The second-order valence-electron chi connectivity index (χ2n) is 5.66. The Labute approximate surface area is 112 Å². The molecule has 0 heterocycles. The van der Waals surface area contributed by atoms with Crippen LogP contribution in [0.4, 0.5) is 0 Å². The van der Waals surface area contributed by atoms with Gasteiger partial charge in [-0.25, -0.2) is 0 Å². The van der Waals surface area contributed by atoms with Crippen LogP contribution in [-0.2, 0) is 0 Å². The Morgan fingerprint density at radius 3 is 2.44 bits per heavy atom. The van der Waals surface area contributed by atoms with Gasteiger partial charge in [0, 0.05) is 0 Å². The molecule has 0 amide bonds. The van der Waals surface area contributed by atoms with Crippen molar-refractivity contribution in [2.45, 2.75) is 32.1 Å². The van der Waals surface area contributed by atoms with Crippen molar-refractivity contribution in [3.8, 4) is 0 Å². The van der Waals surface area contributed by atoms with Crippen LogP contribution in [0, 0.1) is 0 Å². The predicted molar refractivity (Wildman–Crippen MR) is 81.4 cm³/mol. The standard InChI is InChI=1S/C15H25NOSi/c1-18(2,3)12-8-7-11-16-15(13-17)14-9-5-4-6-10-14/h4-6,8-10,12,15-17H,7,11,13H2,1-3H3/b12-8-/t15-/m1/s1. The minimum atomic E-state index is -1.06. The van der Waals surface area contributed by atoms with Gasteiger partial charge in [0.1, 0.15) is 0 Å². The molecule has 0 aromatic heterocycles. The summed E-state index contributed by atoms with van der Waals surface area (Å²) in [6, 6.07) is 10.1. The molecular weight excluding hydrogens is 238 g/mol. The van der Waals surface area contributed by atoms with Crippen LogP contribution in [0.15, 0.2) is 42.1 Å². The molecule has 3 heteroatoms. The summed E-state index contributed by atoms with van der Waals surface area (Å²) >= 11 is 0. The summed E-state index contributed by atoms with van der Waals surface area (Å²) in [7, 11) is -1.06. The Bertz CT molecular complexity index is 357. The highest BCUT2D eigenvalue weighted by atomic mass is 28.3. The van der Waals surface area contributed by atoms with E-state index in [0.29, 0.717) is 0 Å². The molecule has 2 N–H and O–H groups in total. The largest absolute Gasteiger partial charge is 0.394 e. The van der Waals surface area contributed by atoms with E-state index in [4.69, 9.17) is 0 Å². The molecule has 2 nitrogen and oxygen atoms in total. The Morgan fingerprint density at radius 2 is 1.89 bits per heavy atom. The molecule has 100 valence electrons. The van der Waals surface area contributed by atoms with Crippen LogP contribution in [0.2, 0.25) is 19.6 Å². The topological polar surface area (TPSA) is 32.3 Å². The average Bonchev–Trinajstić information content (AvgIpc) is 2.33. The highest BCUT2D eigenvalue weighted by molar-refractivity contribution is 6.80. The molecule has 0 aliphatic carbocycles. The highest BCUT2D eigenvalue weighted by Gasteiger charge is 2.08. The molecule has 1 aromatic rings. The number of nitrogens with one attached hydrogen (secondary N) is 1. The molecule has 1 rings (SSSR count). The van der Waals surface area contributed by atoms with E-state index in [9.17, 15) is 5.11 Å². The third-order valence-electron chi connectivity index (χ3n) is 2.70. The molecule has 0 spiro atoms. The minimum Gasteiger partial charge on any atom is -0.394 e. The van der Waals surface area contributed by atoms with Crippen LogP contribution in [0.1, 0.15) is 18.0 Å². The third kappa shape index (κ3) is 6.14. The van der Waals surface area contributed by atoms with Gasteiger partial charge in [0.15, 0.2) is 0 Å². The fraction of sp³-hybridized carbons (Fsp3) is 0.467. The highest BCUT2D eigenvalue weighted by Crippen LogP contribution is 2.11. The average molecular weight is 263 g/mol. The number of benzene rings is 1. The number of hydrogen-bond acceptors (Lipinski definition) is 2. The van der Waals surface area contributed by atoms with Crippen molar-refractivity contribution in [2.24, 2.45) is 0 Å². The van der Waals surface area contributed by atoms with Crippen molar-refractivity contribution < 1.29 is 5.11 Å². The number of aliphatic hydroxyl groups excluding tert-OH is 1. The summed E-state index contributed by atoms with van der Waals surface area (Å²) in [5, 5.41) is 12.8. The summed E-state index contributed by atoms with van der Waals surface area (Å²) in [6.45, 7) is 8.04. The monoisotopic (exact) mass is 263 g/mol. The normalized spacial score (nSPS) is 14.0. The van der Waals surface area contributed by atoms with Gasteiger partial charge in [0.2, 0.25) is 0 Å². The zero-order valence-corrected chi connectivity index (χ0v) is 12.7. The van der Waals surface area contributed by atoms with Gasteiger partial charge in [-0.1, -0.05) is 61.7 Å². The van der Waals surface area contributed by atoms with Gasteiger partial charge >= 0.3 is 0 Å². The molecule has 18 heavy (non-hydrogen) atoms. The smallest absolute Gasteiger partial charge is 0.0682 e. The maximum absolute atomic E-state index is 9.39. The first-order chi connectivity index (χ1) is 8.53. The lowest BCUT2D eigenvalue weighted by molar-refractivity contribution is 0.245. The Hall–Kier alpha value is -0.903. The van der Waals surface area contributed by atoms with Gasteiger partial charge in [0.05, 0.1) is 20.7 Å². The van der Waals surface area contributed by atoms with Crippen LogP contribution in [0.25, 0.3) is 0 Å². The molecule has 0 radical (unpaired) electrons. The molecule has 1 aromatic carbocycles. The van der Waals surface area contributed by atoms with Crippen molar-refractivity contribution in [2.75, 3.05) is 13.2 Å². The van der Waals surface area contributed by atoms with E-state index in [-0.39, 0.29) is 12.6 Å². The first-order valence-corrected chi connectivity index (χ1v) is 10.2. The van der Waals surface area contributed by atoms with E-state index in [1.165, 1.54) is 0 Å². The quantitative estimate of drug-likeness (QED) is 0.585. The van der Waals surface area contributed by atoms with Crippen LogP contribution >= 0.6 is 0 Å². The van der Waals surface area contributed by atoms with Gasteiger partial charge in [-0.15, -0.1) is 0 Å². The van der Waals surface area contributed by atoms with Gasteiger partial charge in [-0.3, -0.25) is 0 Å². The van der Waals surface area contributed by atoms with Crippen molar-refractivity contribution >= 4 is 8.07 Å². The number of hydrogen-bond donors (Lipinski definition) is 2. The fourth-order valence-corrected chi connectivity index (χ4v) is 2.62. The van der Waals surface area contributed by atoms with Crippen LogP contribution < -0.4 is 5.32 Å². The SMILES string of the molecule is C[Si](C)(C)/C=C\CCN[C@H](CO)c1ccccc1. The first kappa shape index (κ1) is 15.2. The first-order valence-electron chi connectivity index (χ1n) is 6.60.